The minimum Gasteiger partial charge on any atom is -0.452 e. The highest BCUT2D eigenvalue weighted by molar-refractivity contribution is 7.98. The zero-order valence-corrected chi connectivity index (χ0v) is 15.7. The molecular weight excluding hydrogens is 368 g/mol. The fraction of sp³-hybridized carbons (Fsp3) is 0.263. The highest BCUT2D eigenvalue weighted by atomic mass is 32.2. The van der Waals surface area contributed by atoms with Crippen LogP contribution in [-0.2, 0) is 16.0 Å². The largest absolute Gasteiger partial charge is 0.452 e. The molecule has 0 aromatic heterocycles. The van der Waals surface area contributed by atoms with E-state index in [4.69, 9.17) is 4.74 Å². The summed E-state index contributed by atoms with van der Waals surface area (Å²) >= 11 is 1.22. The van der Waals surface area contributed by atoms with Gasteiger partial charge in [0.1, 0.15) is 0 Å². The molecule has 1 heterocycles. The van der Waals surface area contributed by atoms with Crippen molar-refractivity contribution in [2.75, 3.05) is 17.8 Å². The molecule has 1 aliphatic rings. The summed E-state index contributed by atoms with van der Waals surface area (Å²) < 4.78 is 5.11. The second-order valence-electron chi connectivity index (χ2n) is 6.17. The van der Waals surface area contributed by atoms with Crippen LogP contribution < -0.4 is 4.90 Å². The molecular formula is C19H18N2O5S. The second kappa shape index (κ2) is 7.79. The predicted molar refractivity (Wildman–Crippen MR) is 102 cm³/mol. The van der Waals surface area contributed by atoms with Gasteiger partial charge in [0.25, 0.3) is 11.6 Å². The molecule has 1 aliphatic heterocycles. The van der Waals surface area contributed by atoms with E-state index in [0.717, 1.165) is 17.7 Å². The number of rotatable bonds is 5. The number of nitrogens with zero attached hydrogens (tertiary/aromatic N) is 2. The standard InChI is InChI=1S/C19H18N2O5S/c1-12-9-13-5-3-4-6-15(13)20(12)18(22)11-26-19(23)14-7-8-17(27-2)16(10-14)21(24)25/h3-8,10,12H,9,11H2,1-2H3/t12-/m1/s1. The van der Waals surface area contributed by atoms with Crippen LogP contribution in [0.4, 0.5) is 11.4 Å². The van der Waals surface area contributed by atoms with Crippen LogP contribution in [0.5, 0.6) is 0 Å². The molecule has 0 bridgehead atoms. The lowest BCUT2D eigenvalue weighted by atomic mass is 10.1. The molecule has 7 nitrogen and oxygen atoms in total. The van der Waals surface area contributed by atoms with Gasteiger partial charge in [-0.25, -0.2) is 4.79 Å². The van der Waals surface area contributed by atoms with Crippen LogP contribution in [0.2, 0.25) is 0 Å². The fourth-order valence-electron chi connectivity index (χ4n) is 3.19. The maximum atomic E-state index is 12.6. The van der Waals surface area contributed by atoms with E-state index in [2.05, 4.69) is 0 Å². The van der Waals surface area contributed by atoms with Gasteiger partial charge in [0.15, 0.2) is 6.61 Å². The molecule has 0 unspecified atom stereocenters. The van der Waals surface area contributed by atoms with Gasteiger partial charge in [0.05, 0.1) is 15.4 Å². The number of carbonyl (C=O) groups is 2. The maximum Gasteiger partial charge on any atom is 0.338 e. The van der Waals surface area contributed by atoms with Gasteiger partial charge in [-0.3, -0.25) is 14.9 Å². The smallest absolute Gasteiger partial charge is 0.338 e. The molecule has 0 radical (unpaired) electrons. The number of nitro groups is 1. The summed E-state index contributed by atoms with van der Waals surface area (Å²) in [5.41, 5.74) is 1.78. The Hall–Kier alpha value is -2.87. The summed E-state index contributed by atoms with van der Waals surface area (Å²) in [5.74, 6) is -1.09. The van der Waals surface area contributed by atoms with Crippen LogP contribution >= 0.6 is 11.8 Å². The SMILES string of the molecule is CSc1ccc(C(=O)OCC(=O)N2c3ccccc3C[C@H]2C)cc1[N+](=O)[O-]. The van der Waals surface area contributed by atoms with E-state index < -0.39 is 17.5 Å². The fourth-order valence-corrected chi connectivity index (χ4v) is 3.73. The van der Waals surface area contributed by atoms with E-state index in [1.807, 2.05) is 31.2 Å². The quantitative estimate of drug-likeness (QED) is 0.338. The van der Waals surface area contributed by atoms with Crippen molar-refractivity contribution in [1.82, 2.24) is 0 Å². The van der Waals surface area contributed by atoms with Gasteiger partial charge < -0.3 is 9.64 Å². The van der Waals surface area contributed by atoms with E-state index in [0.29, 0.717) is 4.90 Å². The molecule has 8 heteroatoms. The average Bonchev–Trinajstić information content (AvgIpc) is 3.00. The van der Waals surface area contributed by atoms with Crippen molar-refractivity contribution in [3.8, 4) is 0 Å². The Bertz CT molecular complexity index is 915. The number of esters is 1. The zero-order valence-electron chi connectivity index (χ0n) is 14.9. The predicted octanol–water partition coefficient (Wildman–Crippen LogP) is 3.45. The molecule has 1 amide bonds. The summed E-state index contributed by atoms with van der Waals surface area (Å²) in [6, 6.07) is 11.7. The molecule has 0 fully saturated rings. The van der Waals surface area contributed by atoms with E-state index in [1.54, 1.807) is 11.2 Å². The molecule has 140 valence electrons. The van der Waals surface area contributed by atoms with Crippen LogP contribution in [0.25, 0.3) is 0 Å². The van der Waals surface area contributed by atoms with Crippen LogP contribution in [0.15, 0.2) is 47.4 Å². The third kappa shape index (κ3) is 3.80. The Morgan fingerprint density at radius 3 is 2.74 bits per heavy atom. The maximum absolute atomic E-state index is 12.6. The Kier molecular flexibility index (Phi) is 5.46. The molecule has 0 saturated heterocycles. The highest BCUT2D eigenvalue weighted by Gasteiger charge is 2.31. The summed E-state index contributed by atoms with van der Waals surface area (Å²) in [7, 11) is 0. The number of hydrogen-bond donors (Lipinski definition) is 0. The van der Waals surface area contributed by atoms with E-state index in [-0.39, 0.29) is 23.2 Å². The summed E-state index contributed by atoms with van der Waals surface area (Å²) in [5, 5.41) is 11.1. The van der Waals surface area contributed by atoms with Crippen molar-refractivity contribution in [3.05, 3.63) is 63.7 Å². The molecule has 0 N–H and O–H groups in total. The summed E-state index contributed by atoms with van der Waals surface area (Å²) in [6.07, 6.45) is 2.46. The zero-order chi connectivity index (χ0) is 19.6. The van der Waals surface area contributed by atoms with E-state index in [9.17, 15) is 19.7 Å². The highest BCUT2D eigenvalue weighted by Crippen LogP contribution is 2.32. The lowest BCUT2D eigenvalue weighted by Gasteiger charge is -2.22. The average molecular weight is 386 g/mol. The molecule has 0 aliphatic carbocycles. The Morgan fingerprint density at radius 2 is 2.04 bits per heavy atom. The Morgan fingerprint density at radius 1 is 1.30 bits per heavy atom. The first-order valence-corrected chi connectivity index (χ1v) is 9.54. The van der Waals surface area contributed by atoms with Crippen molar-refractivity contribution in [2.24, 2.45) is 0 Å². The number of para-hydroxylation sites is 1. The van der Waals surface area contributed by atoms with Crippen LogP contribution in [-0.4, -0.2) is 35.7 Å². The van der Waals surface area contributed by atoms with Crippen molar-refractivity contribution >= 4 is 35.0 Å². The Balaban J connectivity index is 1.70. The first-order valence-electron chi connectivity index (χ1n) is 8.32. The van der Waals surface area contributed by atoms with Crippen molar-refractivity contribution < 1.29 is 19.2 Å². The molecule has 2 aromatic carbocycles. The monoisotopic (exact) mass is 386 g/mol. The number of carbonyl (C=O) groups excluding carboxylic acids is 2. The van der Waals surface area contributed by atoms with E-state index in [1.165, 1.54) is 30.0 Å². The normalized spacial score (nSPS) is 15.3. The van der Waals surface area contributed by atoms with Crippen LogP contribution in [0.3, 0.4) is 0 Å². The van der Waals surface area contributed by atoms with Gasteiger partial charge in [-0.2, -0.15) is 0 Å². The number of amides is 1. The minimum atomic E-state index is -0.765. The topological polar surface area (TPSA) is 89.8 Å². The number of nitro benzene ring substituents is 1. The lowest BCUT2D eigenvalue weighted by Crippen LogP contribution is -2.38. The first-order chi connectivity index (χ1) is 12.9. The summed E-state index contributed by atoms with van der Waals surface area (Å²) in [6.45, 7) is 1.51. The molecule has 3 rings (SSSR count). The number of ether oxygens (including phenoxy) is 1. The molecule has 0 saturated carbocycles. The Labute approximate surface area is 160 Å². The van der Waals surface area contributed by atoms with Crippen LogP contribution in [0.1, 0.15) is 22.8 Å². The molecule has 27 heavy (non-hydrogen) atoms. The molecule has 0 spiro atoms. The number of thioether (sulfide) groups is 1. The number of hydrogen-bond acceptors (Lipinski definition) is 6. The molecule has 2 aromatic rings. The van der Waals surface area contributed by atoms with Gasteiger partial charge in [0, 0.05) is 17.8 Å². The third-order valence-electron chi connectivity index (χ3n) is 4.41. The van der Waals surface area contributed by atoms with Crippen molar-refractivity contribution in [1.29, 1.82) is 0 Å². The number of fused-ring (bicyclic) bond motifs is 1. The van der Waals surface area contributed by atoms with Gasteiger partial charge in [-0.15, -0.1) is 11.8 Å². The van der Waals surface area contributed by atoms with E-state index >= 15 is 0 Å². The van der Waals surface area contributed by atoms with Gasteiger partial charge >= 0.3 is 5.97 Å². The van der Waals surface area contributed by atoms with Crippen LogP contribution in [0, 0.1) is 10.1 Å². The van der Waals surface area contributed by atoms with Crippen molar-refractivity contribution in [2.45, 2.75) is 24.3 Å². The second-order valence-corrected chi connectivity index (χ2v) is 7.01. The summed E-state index contributed by atoms with van der Waals surface area (Å²) in [4.78, 5) is 37.5. The van der Waals surface area contributed by atoms with Gasteiger partial charge in [-0.05, 0) is 43.4 Å². The van der Waals surface area contributed by atoms with Gasteiger partial charge in [0.2, 0.25) is 0 Å². The lowest BCUT2D eigenvalue weighted by molar-refractivity contribution is -0.387. The minimum absolute atomic E-state index is 0.0180. The molecule has 1 atom stereocenters. The number of anilines is 1. The van der Waals surface area contributed by atoms with Gasteiger partial charge in [-0.1, -0.05) is 18.2 Å². The third-order valence-corrected chi connectivity index (χ3v) is 5.20. The number of benzene rings is 2. The van der Waals surface area contributed by atoms with Crippen molar-refractivity contribution in [3.63, 3.8) is 0 Å². The first kappa shape index (κ1) is 18.9.